The molecule has 0 radical (unpaired) electrons. The number of fused-ring (bicyclic) bond motifs is 2. The molecule has 0 spiro atoms. The third-order valence-electron chi connectivity index (χ3n) is 4.51. The normalized spacial score (nSPS) is 21.5. The van der Waals surface area contributed by atoms with Crippen molar-refractivity contribution in [3.8, 4) is 0 Å². The van der Waals surface area contributed by atoms with Gasteiger partial charge in [-0.2, -0.15) is 0 Å². The van der Waals surface area contributed by atoms with Crippen molar-refractivity contribution in [2.24, 2.45) is 0 Å². The third kappa shape index (κ3) is 2.39. The van der Waals surface area contributed by atoms with E-state index in [1.807, 2.05) is 24.3 Å². The number of rotatable bonds is 2. The summed E-state index contributed by atoms with van der Waals surface area (Å²) in [4.78, 5) is 23.8. The van der Waals surface area contributed by atoms with Gasteiger partial charge in [0.1, 0.15) is 0 Å². The maximum atomic E-state index is 12.4. The van der Waals surface area contributed by atoms with Crippen LogP contribution in [-0.4, -0.2) is 23.0 Å². The molecule has 1 aliphatic carbocycles. The van der Waals surface area contributed by atoms with Crippen molar-refractivity contribution in [2.45, 2.75) is 25.0 Å². The number of aliphatic hydroxyl groups excluding tert-OH is 1. The fraction of sp³-hybridized carbons (Fsp3) is 0.222. The number of amides is 2. The molecule has 1 aliphatic heterocycles. The number of carbonyl (C=O) groups excluding carboxylic acids is 2. The largest absolute Gasteiger partial charge is 0.386 e. The number of benzene rings is 2. The number of hydrogen-bond acceptors (Lipinski definition) is 3. The average molecular weight is 308 g/mol. The van der Waals surface area contributed by atoms with Crippen LogP contribution in [-0.2, 0) is 17.6 Å². The third-order valence-corrected chi connectivity index (χ3v) is 4.51. The minimum atomic E-state index is -0.690. The van der Waals surface area contributed by atoms with Gasteiger partial charge in [0.2, 0.25) is 5.91 Å². The van der Waals surface area contributed by atoms with Crippen LogP contribution in [0.25, 0.3) is 0 Å². The molecule has 2 amide bonds. The Balaban J connectivity index is 1.51. The summed E-state index contributed by atoms with van der Waals surface area (Å²) >= 11 is 0. The minimum absolute atomic E-state index is 0.0563. The van der Waals surface area contributed by atoms with E-state index in [1.54, 1.807) is 18.2 Å². The van der Waals surface area contributed by atoms with Crippen molar-refractivity contribution < 1.29 is 14.7 Å². The summed E-state index contributed by atoms with van der Waals surface area (Å²) in [6, 6.07) is 12.5. The molecule has 0 saturated carbocycles. The van der Waals surface area contributed by atoms with Crippen molar-refractivity contribution in [2.75, 3.05) is 5.32 Å². The Kier molecular flexibility index (Phi) is 3.16. The molecular weight excluding hydrogens is 292 g/mol. The van der Waals surface area contributed by atoms with Crippen LogP contribution in [0.3, 0.4) is 0 Å². The molecule has 0 unspecified atom stereocenters. The van der Waals surface area contributed by atoms with Gasteiger partial charge in [0, 0.05) is 11.3 Å². The quantitative estimate of drug-likeness (QED) is 0.788. The van der Waals surface area contributed by atoms with Gasteiger partial charge in [-0.05, 0) is 35.2 Å². The van der Waals surface area contributed by atoms with Crippen molar-refractivity contribution in [1.82, 2.24) is 5.32 Å². The van der Waals surface area contributed by atoms with E-state index in [1.165, 1.54) is 0 Å². The van der Waals surface area contributed by atoms with E-state index in [2.05, 4.69) is 10.6 Å². The van der Waals surface area contributed by atoms with E-state index in [0.29, 0.717) is 24.1 Å². The van der Waals surface area contributed by atoms with Crippen molar-refractivity contribution in [1.29, 1.82) is 0 Å². The van der Waals surface area contributed by atoms with Gasteiger partial charge in [-0.3, -0.25) is 9.59 Å². The molecule has 3 N–H and O–H groups in total. The maximum absolute atomic E-state index is 12.4. The predicted octanol–water partition coefficient (Wildman–Crippen LogP) is 1.57. The summed E-state index contributed by atoms with van der Waals surface area (Å²) in [5, 5.41) is 16.0. The zero-order valence-electron chi connectivity index (χ0n) is 12.4. The molecule has 23 heavy (non-hydrogen) atoms. The van der Waals surface area contributed by atoms with Crippen LogP contribution < -0.4 is 10.6 Å². The first kappa shape index (κ1) is 14.0. The molecule has 2 aromatic rings. The molecule has 0 saturated heterocycles. The van der Waals surface area contributed by atoms with Crippen LogP contribution in [0.2, 0.25) is 0 Å². The molecular formula is C18H16N2O3. The zero-order valence-corrected chi connectivity index (χ0v) is 12.4. The Hall–Kier alpha value is -2.66. The highest BCUT2D eigenvalue weighted by Crippen LogP contribution is 2.31. The van der Waals surface area contributed by atoms with Gasteiger partial charge in [0.15, 0.2) is 0 Å². The second-order valence-electron chi connectivity index (χ2n) is 6.02. The lowest BCUT2D eigenvalue weighted by molar-refractivity contribution is -0.115. The van der Waals surface area contributed by atoms with E-state index < -0.39 is 6.10 Å². The van der Waals surface area contributed by atoms with Crippen molar-refractivity contribution in [3.05, 3.63) is 64.7 Å². The summed E-state index contributed by atoms with van der Waals surface area (Å²) in [6.45, 7) is 0. The number of anilines is 1. The first-order chi connectivity index (χ1) is 11.1. The molecule has 0 aromatic heterocycles. The number of aliphatic hydroxyl groups is 1. The van der Waals surface area contributed by atoms with Crippen molar-refractivity contribution in [3.63, 3.8) is 0 Å². The molecule has 1 heterocycles. The van der Waals surface area contributed by atoms with Gasteiger partial charge in [0.25, 0.3) is 5.91 Å². The Morgan fingerprint density at radius 2 is 2.00 bits per heavy atom. The lowest BCUT2D eigenvalue weighted by Gasteiger charge is -2.17. The number of hydrogen-bond donors (Lipinski definition) is 3. The SMILES string of the molecule is O=C1Cc2ccc(C(=O)N[C@H]3Cc4ccccc4[C@H]3O)cc2N1. The van der Waals surface area contributed by atoms with Gasteiger partial charge >= 0.3 is 0 Å². The Morgan fingerprint density at radius 3 is 2.83 bits per heavy atom. The fourth-order valence-electron chi connectivity index (χ4n) is 3.31. The molecule has 2 aromatic carbocycles. The minimum Gasteiger partial charge on any atom is -0.386 e. The van der Waals surface area contributed by atoms with E-state index in [9.17, 15) is 14.7 Å². The van der Waals surface area contributed by atoms with Crippen molar-refractivity contribution >= 4 is 17.5 Å². The standard InChI is InChI=1S/C18H16N2O3/c21-16-9-11-5-6-12(8-14(11)19-16)18(23)20-15-7-10-3-1-2-4-13(10)17(15)22/h1-6,8,15,17,22H,7,9H2,(H,19,21)(H,20,23)/t15-,17+/m0/s1. The van der Waals surface area contributed by atoms with Gasteiger partial charge in [-0.15, -0.1) is 0 Å². The number of nitrogens with one attached hydrogen (secondary N) is 2. The van der Waals surface area contributed by atoms with Gasteiger partial charge < -0.3 is 15.7 Å². The summed E-state index contributed by atoms with van der Waals surface area (Å²) in [7, 11) is 0. The van der Waals surface area contributed by atoms with Gasteiger partial charge in [-0.1, -0.05) is 30.3 Å². The molecule has 0 bridgehead atoms. The zero-order chi connectivity index (χ0) is 16.0. The molecule has 4 rings (SSSR count). The van der Waals surface area contributed by atoms with Gasteiger partial charge in [0.05, 0.1) is 18.6 Å². The average Bonchev–Trinajstić information content (AvgIpc) is 3.06. The summed E-state index contributed by atoms with van der Waals surface area (Å²) in [6.07, 6.45) is 0.280. The summed E-state index contributed by atoms with van der Waals surface area (Å²) in [5.74, 6) is -0.301. The van der Waals surface area contributed by atoms with Crippen LogP contribution in [0.4, 0.5) is 5.69 Å². The fourth-order valence-corrected chi connectivity index (χ4v) is 3.31. The Labute approximate surface area is 133 Å². The molecule has 0 fully saturated rings. The second-order valence-corrected chi connectivity index (χ2v) is 6.02. The topological polar surface area (TPSA) is 78.4 Å². The monoisotopic (exact) mass is 308 g/mol. The van der Waals surface area contributed by atoms with E-state index in [4.69, 9.17) is 0 Å². The smallest absolute Gasteiger partial charge is 0.251 e. The number of carbonyl (C=O) groups is 2. The predicted molar refractivity (Wildman–Crippen MR) is 85.1 cm³/mol. The van der Waals surface area contributed by atoms with Crippen LogP contribution in [0.1, 0.15) is 33.2 Å². The molecule has 5 heteroatoms. The lowest BCUT2D eigenvalue weighted by atomic mass is 10.1. The first-order valence-corrected chi connectivity index (χ1v) is 7.61. The molecule has 2 aliphatic rings. The molecule has 116 valence electrons. The van der Waals surface area contributed by atoms with E-state index >= 15 is 0 Å². The van der Waals surface area contributed by atoms with Crippen LogP contribution in [0.15, 0.2) is 42.5 Å². The Bertz CT molecular complexity index is 816. The maximum Gasteiger partial charge on any atom is 0.251 e. The van der Waals surface area contributed by atoms with E-state index in [0.717, 1.165) is 16.7 Å². The first-order valence-electron chi connectivity index (χ1n) is 7.61. The van der Waals surface area contributed by atoms with E-state index in [-0.39, 0.29) is 17.9 Å². The second kappa shape index (κ2) is 5.21. The molecule has 2 atom stereocenters. The highest BCUT2D eigenvalue weighted by Gasteiger charge is 2.32. The Morgan fingerprint density at radius 1 is 1.17 bits per heavy atom. The van der Waals surface area contributed by atoms with Crippen LogP contribution >= 0.6 is 0 Å². The summed E-state index contributed by atoms with van der Waals surface area (Å²) in [5.41, 5.74) is 4.01. The van der Waals surface area contributed by atoms with Crippen LogP contribution in [0, 0.1) is 0 Å². The lowest BCUT2D eigenvalue weighted by Crippen LogP contribution is -2.37. The van der Waals surface area contributed by atoms with Crippen LogP contribution in [0.5, 0.6) is 0 Å². The summed E-state index contributed by atoms with van der Waals surface area (Å²) < 4.78 is 0. The molecule has 5 nitrogen and oxygen atoms in total. The highest BCUT2D eigenvalue weighted by molar-refractivity contribution is 6.02. The highest BCUT2D eigenvalue weighted by atomic mass is 16.3. The van der Waals surface area contributed by atoms with Gasteiger partial charge in [-0.25, -0.2) is 0 Å².